The summed E-state index contributed by atoms with van der Waals surface area (Å²) >= 11 is 6.15. The fraction of sp³-hybridized carbons (Fsp3) is 0.133. The third-order valence-electron chi connectivity index (χ3n) is 2.98. The molecule has 0 aromatic heterocycles. The van der Waals surface area contributed by atoms with Crippen LogP contribution in [0.25, 0.3) is 0 Å². The molecule has 2 aromatic rings. The summed E-state index contributed by atoms with van der Waals surface area (Å²) in [5.74, 6) is 1.19. The largest absolute Gasteiger partial charge is 0.323 e. The van der Waals surface area contributed by atoms with Gasteiger partial charge in [0.25, 0.3) is 0 Å². The molecule has 1 amide bonds. The van der Waals surface area contributed by atoms with Crippen LogP contribution < -0.4 is 5.32 Å². The van der Waals surface area contributed by atoms with Gasteiger partial charge in [0.15, 0.2) is 0 Å². The van der Waals surface area contributed by atoms with Gasteiger partial charge in [-0.1, -0.05) is 34.1 Å². The monoisotopic (exact) mass is 393 g/mol. The fourth-order valence-corrected chi connectivity index (χ4v) is 3.54. The lowest BCUT2D eigenvalue weighted by molar-refractivity contribution is -0.113. The Morgan fingerprint density at radius 3 is 2.82 bits per heavy atom. The summed E-state index contributed by atoms with van der Waals surface area (Å²) in [6, 6.07) is 13.7. The Morgan fingerprint density at radius 2 is 2.00 bits per heavy atom. The van der Waals surface area contributed by atoms with E-state index in [0.29, 0.717) is 5.75 Å². The molecule has 1 aliphatic heterocycles. The molecule has 1 aliphatic rings. The number of thioether (sulfide) groups is 1. The van der Waals surface area contributed by atoms with E-state index in [9.17, 15) is 4.79 Å². The highest BCUT2D eigenvalue weighted by atomic mass is 79.9. The molecule has 0 unspecified atom stereocenters. The van der Waals surface area contributed by atoms with E-state index in [-0.39, 0.29) is 5.91 Å². The normalized spacial score (nSPS) is 11.9. The quantitative estimate of drug-likeness (QED) is 0.659. The third-order valence-corrected chi connectivity index (χ3v) is 5.05. The Hall–Kier alpha value is -1.44. The van der Waals surface area contributed by atoms with Crippen LogP contribution in [0, 0.1) is 0 Å². The number of anilines is 1. The Kier molecular flexibility index (Phi) is 5.07. The van der Waals surface area contributed by atoms with E-state index >= 15 is 0 Å². The van der Waals surface area contributed by atoms with Crippen LogP contribution >= 0.6 is 27.7 Å². The number of amides is 1. The summed E-state index contributed by atoms with van der Waals surface area (Å²) in [7, 11) is 0. The first-order chi connectivity index (χ1) is 10.7. The van der Waals surface area contributed by atoms with E-state index in [1.54, 1.807) is 11.8 Å². The zero-order valence-corrected chi connectivity index (χ0v) is 14.7. The Morgan fingerprint density at radius 1 is 1.18 bits per heavy atom. The van der Waals surface area contributed by atoms with E-state index in [4.69, 9.17) is 0 Å². The number of hydrogen-bond acceptors (Lipinski definition) is 4. The topological polar surface area (TPSA) is 53.8 Å². The Bertz CT molecular complexity index is 771. The maximum atomic E-state index is 12.0. The SMILES string of the molecule is O=C(CSCc1ccc(Br)cc1)Nc1cccc2c1N=S=N2. The van der Waals surface area contributed by atoms with Gasteiger partial charge in [-0.2, -0.15) is 8.73 Å². The second kappa shape index (κ2) is 7.21. The van der Waals surface area contributed by atoms with E-state index in [1.807, 2.05) is 30.3 Å². The van der Waals surface area contributed by atoms with Gasteiger partial charge in [0.05, 0.1) is 22.8 Å². The summed E-state index contributed by atoms with van der Waals surface area (Å²) in [6.07, 6.45) is 0. The molecule has 0 spiro atoms. The molecule has 0 aliphatic carbocycles. The lowest BCUT2D eigenvalue weighted by Crippen LogP contribution is -2.14. The highest BCUT2D eigenvalue weighted by Gasteiger charge is 2.12. The smallest absolute Gasteiger partial charge is 0.234 e. The Labute approximate surface area is 144 Å². The van der Waals surface area contributed by atoms with Crippen LogP contribution in [0.4, 0.5) is 17.1 Å². The van der Waals surface area contributed by atoms with Crippen molar-refractivity contribution in [1.29, 1.82) is 0 Å². The number of rotatable bonds is 5. The van der Waals surface area contributed by atoms with Crippen molar-refractivity contribution in [3.8, 4) is 0 Å². The molecule has 1 N–H and O–H groups in total. The fourth-order valence-electron chi connectivity index (χ4n) is 1.94. The maximum absolute atomic E-state index is 12.0. The van der Waals surface area contributed by atoms with Crippen molar-refractivity contribution >= 4 is 62.0 Å². The van der Waals surface area contributed by atoms with Crippen LogP contribution in [0.15, 0.2) is 55.7 Å². The number of fused-ring (bicyclic) bond motifs is 1. The van der Waals surface area contributed by atoms with Crippen molar-refractivity contribution in [3.63, 3.8) is 0 Å². The van der Waals surface area contributed by atoms with Crippen LogP contribution in [0.1, 0.15) is 5.56 Å². The van der Waals surface area contributed by atoms with Crippen LogP contribution in [0.3, 0.4) is 0 Å². The Balaban J connectivity index is 1.52. The third kappa shape index (κ3) is 3.85. The number of nitrogens with one attached hydrogen (secondary N) is 1. The zero-order chi connectivity index (χ0) is 15.4. The lowest BCUT2D eigenvalue weighted by atomic mass is 10.2. The molecule has 0 radical (unpaired) electrons. The standard InChI is InChI=1S/C15H12BrN3OS2/c16-11-6-4-10(5-7-11)8-21-9-14(20)17-12-2-1-3-13-15(12)19-22-18-13/h1-7H,8-9H2,(H,17,20). The second-order valence-electron chi connectivity index (χ2n) is 4.60. The van der Waals surface area contributed by atoms with Crippen LogP contribution in [0.5, 0.6) is 0 Å². The minimum Gasteiger partial charge on any atom is -0.323 e. The van der Waals surface area contributed by atoms with E-state index in [2.05, 4.69) is 42.1 Å². The molecule has 0 atom stereocenters. The van der Waals surface area contributed by atoms with Crippen molar-refractivity contribution in [2.24, 2.45) is 8.73 Å². The molecule has 3 rings (SSSR count). The number of halogens is 1. The van der Waals surface area contributed by atoms with Crippen molar-refractivity contribution in [3.05, 3.63) is 52.5 Å². The van der Waals surface area contributed by atoms with Crippen molar-refractivity contribution in [2.75, 3.05) is 11.1 Å². The minimum absolute atomic E-state index is 0.0254. The predicted octanol–water partition coefficient (Wildman–Crippen LogP) is 5.05. The van der Waals surface area contributed by atoms with Crippen molar-refractivity contribution in [2.45, 2.75) is 5.75 Å². The summed E-state index contributed by atoms with van der Waals surface area (Å²) in [6.45, 7) is 0. The zero-order valence-electron chi connectivity index (χ0n) is 11.5. The van der Waals surface area contributed by atoms with Gasteiger partial charge >= 0.3 is 0 Å². The van der Waals surface area contributed by atoms with Crippen molar-refractivity contribution < 1.29 is 4.79 Å². The number of carbonyl (C=O) groups excluding carboxylic acids is 1. The summed E-state index contributed by atoms with van der Waals surface area (Å²) in [5.41, 5.74) is 3.48. The summed E-state index contributed by atoms with van der Waals surface area (Å²) in [4.78, 5) is 12.0. The molecular formula is C15H12BrN3OS2. The lowest BCUT2D eigenvalue weighted by Gasteiger charge is -2.07. The van der Waals surface area contributed by atoms with Gasteiger partial charge in [-0.25, -0.2) is 0 Å². The van der Waals surface area contributed by atoms with Crippen LogP contribution in [0.2, 0.25) is 0 Å². The molecule has 7 heteroatoms. The van der Waals surface area contributed by atoms with Crippen LogP contribution in [-0.4, -0.2) is 11.7 Å². The van der Waals surface area contributed by atoms with Gasteiger partial charge in [-0.3, -0.25) is 4.79 Å². The average molecular weight is 394 g/mol. The van der Waals surface area contributed by atoms with E-state index < -0.39 is 0 Å². The van der Waals surface area contributed by atoms with Gasteiger partial charge in [-0.15, -0.1) is 11.8 Å². The van der Waals surface area contributed by atoms with Gasteiger partial charge in [0.2, 0.25) is 5.91 Å². The second-order valence-corrected chi connectivity index (χ2v) is 7.03. The highest BCUT2D eigenvalue weighted by molar-refractivity contribution is 9.10. The summed E-state index contributed by atoms with van der Waals surface area (Å²) in [5, 5.41) is 2.90. The highest BCUT2D eigenvalue weighted by Crippen LogP contribution is 2.38. The number of carbonyl (C=O) groups is 1. The van der Waals surface area contributed by atoms with Crippen LogP contribution in [-0.2, 0) is 21.9 Å². The first-order valence-corrected chi connectivity index (χ1v) is 9.23. The van der Waals surface area contributed by atoms with E-state index in [1.165, 1.54) is 5.56 Å². The van der Waals surface area contributed by atoms with E-state index in [0.717, 1.165) is 38.6 Å². The maximum Gasteiger partial charge on any atom is 0.234 e. The molecule has 1 heterocycles. The molecule has 4 nitrogen and oxygen atoms in total. The molecule has 112 valence electrons. The minimum atomic E-state index is -0.0254. The number of nitrogens with zero attached hydrogens (tertiary/aromatic N) is 2. The van der Waals surface area contributed by atoms with Gasteiger partial charge in [0, 0.05) is 10.2 Å². The van der Waals surface area contributed by atoms with Crippen molar-refractivity contribution in [1.82, 2.24) is 0 Å². The van der Waals surface area contributed by atoms with Gasteiger partial charge < -0.3 is 5.32 Å². The molecule has 0 saturated heterocycles. The number of benzene rings is 2. The summed E-state index contributed by atoms with van der Waals surface area (Å²) < 4.78 is 9.44. The van der Waals surface area contributed by atoms with Gasteiger partial charge in [0.1, 0.15) is 11.4 Å². The predicted molar refractivity (Wildman–Crippen MR) is 96.9 cm³/mol. The number of hydrogen-bond donors (Lipinski definition) is 1. The average Bonchev–Trinajstić information content (AvgIpc) is 2.99. The molecule has 22 heavy (non-hydrogen) atoms. The molecule has 2 aromatic carbocycles. The molecule has 0 bridgehead atoms. The first-order valence-electron chi connectivity index (χ1n) is 6.56. The first kappa shape index (κ1) is 15.5. The molecule has 0 saturated carbocycles. The molecular weight excluding hydrogens is 382 g/mol. The molecule has 0 fully saturated rings. The van der Waals surface area contributed by atoms with Gasteiger partial charge in [-0.05, 0) is 29.8 Å².